The van der Waals surface area contributed by atoms with Crippen LogP contribution in [0.2, 0.25) is 0 Å². The zero-order valence-corrected chi connectivity index (χ0v) is 19.3. The van der Waals surface area contributed by atoms with Crippen LogP contribution in [0.1, 0.15) is 10.5 Å². The number of ether oxygens (including phenoxy) is 1. The lowest BCUT2D eigenvalue weighted by Crippen LogP contribution is -2.49. The van der Waals surface area contributed by atoms with Gasteiger partial charge in [-0.3, -0.25) is 4.79 Å². The lowest BCUT2D eigenvalue weighted by Gasteiger charge is -2.36. The molecule has 0 saturated carbocycles. The van der Waals surface area contributed by atoms with Gasteiger partial charge in [0.1, 0.15) is 11.5 Å². The van der Waals surface area contributed by atoms with Gasteiger partial charge in [-0.15, -0.1) is 0 Å². The van der Waals surface area contributed by atoms with Crippen LogP contribution in [-0.2, 0) is 0 Å². The van der Waals surface area contributed by atoms with E-state index in [1.54, 1.807) is 30.2 Å². The topological polar surface area (TPSA) is 79.0 Å². The normalized spacial score (nSPS) is 14.1. The summed E-state index contributed by atoms with van der Waals surface area (Å²) >= 11 is 6.59. The minimum absolute atomic E-state index is 0.0995. The molecule has 7 nitrogen and oxygen atoms in total. The van der Waals surface area contributed by atoms with Gasteiger partial charge in [0.15, 0.2) is 11.5 Å². The number of piperazine rings is 1. The number of phenolic OH excluding ortho intramolecular Hbond substituents is 1. The summed E-state index contributed by atoms with van der Waals surface area (Å²) in [5, 5.41) is 13.8. The number of aromatic nitrogens is 1. The van der Waals surface area contributed by atoms with Crippen molar-refractivity contribution in [1.29, 1.82) is 0 Å². The second kappa shape index (κ2) is 8.69. The third-order valence-corrected chi connectivity index (χ3v) is 6.23. The number of methoxy groups -OCH3 is 1. The predicted molar refractivity (Wildman–Crippen MR) is 120 cm³/mol. The molecule has 1 N–H and O–H groups in total. The molecule has 0 radical (unpaired) electrons. The molecule has 0 spiro atoms. The van der Waals surface area contributed by atoms with E-state index in [1.165, 1.54) is 0 Å². The number of hydrogen-bond donors (Lipinski definition) is 1. The zero-order valence-electron chi connectivity index (χ0n) is 16.1. The number of halogens is 2. The molecule has 1 aliphatic heterocycles. The summed E-state index contributed by atoms with van der Waals surface area (Å²) in [7, 11) is 1.66. The average Bonchev–Trinajstić information content (AvgIpc) is 3.27. The van der Waals surface area contributed by atoms with Gasteiger partial charge in [-0.2, -0.15) is 0 Å². The maximum atomic E-state index is 12.9. The first-order valence-corrected chi connectivity index (χ1v) is 10.9. The highest BCUT2D eigenvalue weighted by molar-refractivity contribution is 9.11. The van der Waals surface area contributed by atoms with Crippen LogP contribution in [0, 0.1) is 0 Å². The molecule has 2 heterocycles. The van der Waals surface area contributed by atoms with Crippen LogP contribution in [-0.4, -0.2) is 54.4 Å². The van der Waals surface area contributed by atoms with E-state index in [1.807, 2.05) is 24.3 Å². The monoisotopic (exact) mass is 535 g/mol. The van der Waals surface area contributed by atoms with Gasteiger partial charge in [-0.05, 0) is 56.1 Å². The third kappa shape index (κ3) is 4.04. The number of hydrogen-bond acceptors (Lipinski definition) is 6. The summed E-state index contributed by atoms with van der Waals surface area (Å²) in [5.41, 5.74) is 1.98. The summed E-state index contributed by atoms with van der Waals surface area (Å²) in [6.07, 6.45) is 0. The lowest BCUT2D eigenvalue weighted by atomic mass is 10.1. The van der Waals surface area contributed by atoms with Crippen molar-refractivity contribution in [2.75, 3.05) is 38.2 Å². The van der Waals surface area contributed by atoms with Crippen molar-refractivity contribution in [3.63, 3.8) is 0 Å². The molecule has 0 unspecified atom stereocenters. The van der Waals surface area contributed by atoms with Gasteiger partial charge in [0.2, 0.25) is 0 Å². The van der Waals surface area contributed by atoms with Gasteiger partial charge in [0.25, 0.3) is 5.91 Å². The number of aromatic hydroxyl groups is 1. The maximum Gasteiger partial charge on any atom is 0.276 e. The van der Waals surface area contributed by atoms with Crippen molar-refractivity contribution >= 4 is 43.5 Å². The molecule has 1 saturated heterocycles. The predicted octanol–water partition coefficient (Wildman–Crippen LogP) is 4.54. The molecule has 1 amide bonds. The Morgan fingerprint density at radius 2 is 1.77 bits per heavy atom. The molecule has 0 bridgehead atoms. The zero-order chi connectivity index (χ0) is 21.3. The van der Waals surface area contributed by atoms with E-state index in [4.69, 9.17) is 9.26 Å². The molecule has 1 fully saturated rings. The number of para-hydroxylation sites is 2. The number of amides is 1. The van der Waals surface area contributed by atoms with E-state index in [0.717, 1.165) is 11.4 Å². The van der Waals surface area contributed by atoms with Crippen LogP contribution < -0.4 is 9.64 Å². The van der Waals surface area contributed by atoms with Crippen LogP contribution in [0.25, 0.3) is 11.3 Å². The Morgan fingerprint density at radius 1 is 1.10 bits per heavy atom. The maximum absolute atomic E-state index is 12.9. The summed E-state index contributed by atoms with van der Waals surface area (Å²) in [5.74, 6) is 1.21. The fourth-order valence-electron chi connectivity index (χ4n) is 3.42. The molecule has 2 aromatic carbocycles. The molecule has 0 aliphatic carbocycles. The van der Waals surface area contributed by atoms with Crippen molar-refractivity contribution in [2.45, 2.75) is 0 Å². The number of rotatable bonds is 4. The Kier molecular flexibility index (Phi) is 6.01. The highest BCUT2D eigenvalue weighted by Gasteiger charge is 2.26. The van der Waals surface area contributed by atoms with Gasteiger partial charge >= 0.3 is 0 Å². The number of carbonyl (C=O) groups is 1. The molecule has 1 aromatic heterocycles. The molecule has 9 heteroatoms. The van der Waals surface area contributed by atoms with E-state index in [2.05, 4.69) is 41.9 Å². The average molecular weight is 537 g/mol. The SMILES string of the molecule is COc1ccccc1N1CCN(C(=O)c2cc(-c3cc(Br)c(O)c(Br)c3)on2)CC1. The number of anilines is 1. The van der Waals surface area contributed by atoms with Crippen molar-refractivity contribution < 1.29 is 19.2 Å². The molecule has 3 aromatic rings. The van der Waals surface area contributed by atoms with Gasteiger partial charge in [0.05, 0.1) is 21.7 Å². The van der Waals surface area contributed by atoms with Crippen molar-refractivity contribution in [3.05, 3.63) is 57.1 Å². The molecular formula is C21H19Br2N3O4. The van der Waals surface area contributed by atoms with Crippen LogP contribution in [0.4, 0.5) is 5.69 Å². The molecule has 0 atom stereocenters. The Hall–Kier alpha value is -2.52. The number of benzene rings is 2. The van der Waals surface area contributed by atoms with E-state index >= 15 is 0 Å². The van der Waals surface area contributed by atoms with Gasteiger partial charge in [-0.1, -0.05) is 17.3 Å². The number of phenols is 1. The van der Waals surface area contributed by atoms with Crippen molar-refractivity contribution in [2.24, 2.45) is 0 Å². The number of carbonyl (C=O) groups excluding carboxylic acids is 1. The van der Waals surface area contributed by atoms with Gasteiger partial charge in [-0.25, -0.2) is 0 Å². The first-order valence-electron chi connectivity index (χ1n) is 9.30. The fourth-order valence-corrected chi connectivity index (χ4v) is 4.61. The van der Waals surface area contributed by atoms with Crippen LogP contribution in [0.3, 0.4) is 0 Å². The van der Waals surface area contributed by atoms with Crippen LogP contribution >= 0.6 is 31.9 Å². The quantitative estimate of drug-likeness (QED) is 0.527. The Labute approximate surface area is 190 Å². The smallest absolute Gasteiger partial charge is 0.276 e. The van der Waals surface area contributed by atoms with E-state index in [9.17, 15) is 9.90 Å². The third-order valence-electron chi connectivity index (χ3n) is 5.02. The van der Waals surface area contributed by atoms with E-state index < -0.39 is 0 Å². The minimum Gasteiger partial charge on any atom is -0.506 e. The number of nitrogens with zero attached hydrogens (tertiary/aromatic N) is 3. The largest absolute Gasteiger partial charge is 0.506 e. The first kappa shape index (κ1) is 20.7. The second-order valence-electron chi connectivity index (χ2n) is 6.82. The summed E-state index contributed by atoms with van der Waals surface area (Å²) in [6.45, 7) is 2.56. The summed E-state index contributed by atoms with van der Waals surface area (Å²) < 4.78 is 11.9. The van der Waals surface area contributed by atoms with Crippen LogP contribution in [0.15, 0.2) is 55.9 Å². The Balaban J connectivity index is 1.45. The highest BCUT2D eigenvalue weighted by Crippen LogP contribution is 2.37. The van der Waals surface area contributed by atoms with Crippen LogP contribution in [0.5, 0.6) is 11.5 Å². The molecular weight excluding hydrogens is 518 g/mol. The van der Waals surface area contributed by atoms with Crippen molar-refractivity contribution in [1.82, 2.24) is 10.1 Å². The highest BCUT2D eigenvalue weighted by atomic mass is 79.9. The molecule has 4 rings (SSSR count). The van der Waals surface area contributed by atoms with Gasteiger partial charge in [0, 0.05) is 37.8 Å². The second-order valence-corrected chi connectivity index (χ2v) is 8.52. The molecule has 30 heavy (non-hydrogen) atoms. The minimum atomic E-state index is -0.165. The standard InChI is InChI=1S/C21H19Br2N3O4/c1-29-18-5-3-2-4-17(18)25-6-8-26(9-7-25)21(28)16-12-19(30-24-16)13-10-14(22)20(27)15(23)11-13/h2-5,10-12,27H,6-9H2,1H3. The first-order chi connectivity index (χ1) is 14.5. The fraction of sp³-hybridized carbons (Fsp3) is 0.238. The summed E-state index contributed by atoms with van der Waals surface area (Å²) in [6, 6.07) is 12.9. The Morgan fingerprint density at radius 3 is 2.43 bits per heavy atom. The summed E-state index contributed by atoms with van der Waals surface area (Å²) in [4.78, 5) is 16.9. The van der Waals surface area contributed by atoms with E-state index in [-0.39, 0.29) is 17.4 Å². The molecule has 1 aliphatic rings. The molecule has 156 valence electrons. The van der Waals surface area contributed by atoms with Crippen molar-refractivity contribution in [3.8, 4) is 22.8 Å². The lowest BCUT2D eigenvalue weighted by molar-refractivity contribution is 0.0736. The van der Waals surface area contributed by atoms with Gasteiger partial charge < -0.3 is 24.2 Å². The Bertz CT molecular complexity index is 1050. The van der Waals surface area contributed by atoms with E-state index in [0.29, 0.717) is 46.4 Å².